The highest BCUT2D eigenvalue weighted by molar-refractivity contribution is 7.25. The van der Waals surface area contributed by atoms with Crippen molar-refractivity contribution in [3.8, 4) is 0 Å². The molecule has 24 heavy (non-hydrogen) atoms. The predicted octanol–water partition coefficient (Wildman–Crippen LogP) is 4.40. The second-order valence-electron chi connectivity index (χ2n) is 7.39. The van der Waals surface area contributed by atoms with Gasteiger partial charge in [-0.2, -0.15) is 0 Å². The number of thiophene rings is 1. The molecule has 0 saturated carbocycles. The fourth-order valence-electron chi connectivity index (χ4n) is 4.85. The van der Waals surface area contributed by atoms with Crippen LogP contribution in [0.5, 0.6) is 0 Å². The molecular formula is C20H22N2OS. The van der Waals surface area contributed by atoms with E-state index in [4.69, 9.17) is 0 Å². The fraction of sp³-hybridized carbons (Fsp3) is 0.450. The van der Waals surface area contributed by atoms with Crippen LogP contribution >= 0.6 is 11.3 Å². The number of pyridine rings is 1. The number of piperidine rings is 2. The molecule has 1 aromatic carbocycles. The minimum atomic E-state index is 0.206. The van der Waals surface area contributed by atoms with Crippen molar-refractivity contribution in [1.82, 2.24) is 9.47 Å². The van der Waals surface area contributed by atoms with Crippen LogP contribution < -0.4 is 5.56 Å². The number of fused-ring (bicyclic) bond motifs is 5. The Balaban J connectivity index is 1.64. The Morgan fingerprint density at radius 3 is 2.54 bits per heavy atom. The lowest BCUT2D eigenvalue weighted by molar-refractivity contribution is 0.0393. The first kappa shape index (κ1) is 14.7. The summed E-state index contributed by atoms with van der Waals surface area (Å²) in [4.78, 5) is 15.8. The van der Waals surface area contributed by atoms with Crippen molar-refractivity contribution in [3.05, 3.63) is 46.9 Å². The summed E-state index contributed by atoms with van der Waals surface area (Å²) in [5.41, 5.74) is 0.206. The summed E-state index contributed by atoms with van der Waals surface area (Å²) in [5.74, 6) is 0. The zero-order valence-electron chi connectivity index (χ0n) is 13.9. The smallest absolute Gasteiger partial charge is 0.260 e. The van der Waals surface area contributed by atoms with E-state index >= 15 is 0 Å². The number of aromatic nitrogens is 1. The maximum atomic E-state index is 13.3. The Morgan fingerprint density at radius 2 is 1.75 bits per heavy atom. The van der Waals surface area contributed by atoms with Gasteiger partial charge in [-0.25, -0.2) is 0 Å². The third kappa shape index (κ3) is 2.09. The molecule has 2 aromatic heterocycles. The van der Waals surface area contributed by atoms with Crippen molar-refractivity contribution in [1.29, 1.82) is 0 Å². The quantitative estimate of drug-likeness (QED) is 0.657. The van der Waals surface area contributed by atoms with Gasteiger partial charge in [0.05, 0.1) is 5.39 Å². The molecule has 0 amide bonds. The van der Waals surface area contributed by atoms with E-state index < -0.39 is 0 Å². The van der Waals surface area contributed by atoms with Crippen LogP contribution in [0.4, 0.5) is 0 Å². The molecule has 2 saturated heterocycles. The third-order valence-corrected chi connectivity index (χ3v) is 7.30. The lowest BCUT2D eigenvalue weighted by atomic mass is 9.82. The molecule has 3 nitrogen and oxygen atoms in total. The van der Waals surface area contributed by atoms with Crippen molar-refractivity contribution in [3.63, 3.8) is 0 Å². The lowest BCUT2D eigenvalue weighted by Gasteiger charge is -2.47. The largest absolute Gasteiger partial charge is 0.312 e. The topological polar surface area (TPSA) is 25.2 Å². The van der Waals surface area contributed by atoms with E-state index in [0.29, 0.717) is 18.1 Å². The third-order valence-electron chi connectivity index (χ3n) is 6.17. The highest BCUT2D eigenvalue weighted by atomic mass is 32.1. The van der Waals surface area contributed by atoms with E-state index in [2.05, 4.69) is 36.2 Å². The van der Waals surface area contributed by atoms with E-state index in [1.165, 1.54) is 24.0 Å². The molecule has 0 aliphatic carbocycles. The molecule has 2 bridgehead atoms. The number of rotatable bonds is 1. The van der Waals surface area contributed by atoms with E-state index in [-0.39, 0.29) is 5.56 Å². The van der Waals surface area contributed by atoms with Gasteiger partial charge in [0.2, 0.25) is 0 Å². The van der Waals surface area contributed by atoms with Crippen LogP contribution in [0.15, 0.2) is 41.3 Å². The Labute approximate surface area is 145 Å². The monoisotopic (exact) mass is 338 g/mol. The summed E-state index contributed by atoms with van der Waals surface area (Å²) in [6.07, 6.45) is 8.17. The normalized spacial score (nSPS) is 27.8. The van der Waals surface area contributed by atoms with Crippen LogP contribution in [0, 0.1) is 0 Å². The molecule has 0 radical (unpaired) electrons. The number of hydrogen-bond acceptors (Lipinski definition) is 3. The first-order chi connectivity index (χ1) is 11.7. The van der Waals surface area contributed by atoms with Crippen LogP contribution in [-0.2, 0) is 0 Å². The van der Waals surface area contributed by atoms with E-state index in [1.807, 2.05) is 16.8 Å². The van der Waals surface area contributed by atoms with E-state index in [9.17, 15) is 4.79 Å². The second-order valence-corrected chi connectivity index (χ2v) is 8.48. The van der Waals surface area contributed by atoms with Gasteiger partial charge in [-0.1, -0.05) is 24.6 Å². The fourth-order valence-corrected chi connectivity index (χ4v) is 5.94. The predicted molar refractivity (Wildman–Crippen MR) is 101 cm³/mol. The average molecular weight is 338 g/mol. The van der Waals surface area contributed by atoms with Crippen LogP contribution in [0.25, 0.3) is 20.2 Å². The highest BCUT2D eigenvalue weighted by Gasteiger charge is 2.37. The Kier molecular flexibility index (Phi) is 3.32. The molecule has 0 spiro atoms. The van der Waals surface area contributed by atoms with Gasteiger partial charge >= 0.3 is 0 Å². The molecule has 124 valence electrons. The molecule has 4 heteroatoms. The number of hydrogen-bond donors (Lipinski definition) is 0. The van der Waals surface area contributed by atoms with Gasteiger partial charge in [-0.15, -0.1) is 11.3 Å². The van der Waals surface area contributed by atoms with Gasteiger partial charge in [0.1, 0.15) is 0 Å². The standard InChI is InChI=1S/C20H22N2OS/c1-21-13-5-4-6-14(21)12-15(11-13)22-10-9-18-19(20(22)23)16-7-2-3-8-17(16)24-18/h2-3,7-10,13-15H,4-6,11-12H2,1H3. The summed E-state index contributed by atoms with van der Waals surface area (Å²) < 4.78 is 4.37. The van der Waals surface area contributed by atoms with Crippen LogP contribution in [0.2, 0.25) is 0 Å². The molecule has 0 N–H and O–H groups in total. The zero-order valence-corrected chi connectivity index (χ0v) is 14.8. The van der Waals surface area contributed by atoms with Crippen LogP contribution in [0.3, 0.4) is 0 Å². The van der Waals surface area contributed by atoms with Gasteiger partial charge in [0.25, 0.3) is 5.56 Å². The van der Waals surface area contributed by atoms with Gasteiger partial charge in [0.15, 0.2) is 0 Å². The maximum Gasteiger partial charge on any atom is 0.260 e. The average Bonchev–Trinajstić information content (AvgIpc) is 2.94. The number of nitrogens with zero attached hydrogens (tertiary/aromatic N) is 2. The second kappa shape index (κ2) is 5.43. The molecule has 5 rings (SSSR count). The van der Waals surface area contributed by atoms with E-state index in [0.717, 1.165) is 28.3 Å². The van der Waals surface area contributed by atoms with E-state index in [1.54, 1.807) is 11.3 Å². The maximum absolute atomic E-state index is 13.3. The molecule has 3 aromatic rings. The zero-order chi connectivity index (χ0) is 16.3. The summed E-state index contributed by atoms with van der Waals surface area (Å²) in [6, 6.07) is 12.1. The summed E-state index contributed by atoms with van der Waals surface area (Å²) in [5, 5.41) is 2.03. The molecule has 4 heterocycles. The van der Waals surface area contributed by atoms with Crippen molar-refractivity contribution < 1.29 is 0 Å². The minimum Gasteiger partial charge on any atom is -0.312 e. The minimum absolute atomic E-state index is 0.206. The van der Waals surface area contributed by atoms with Crippen LogP contribution in [-0.4, -0.2) is 28.6 Å². The number of benzene rings is 1. The summed E-state index contributed by atoms with van der Waals surface area (Å²) in [6.45, 7) is 0. The summed E-state index contributed by atoms with van der Waals surface area (Å²) in [7, 11) is 2.27. The van der Waals surface area contributed by atoms with Crippen molar-refractivity contribution in [2.75, 3.05) is 7.05 Å². The molecule has 2 aliphatic heterocycles. The molecule has 2 fully saturated rings. The van der Waals surface area contributed by atoms with Crippen molar-refractivity contribution >= 4 is 31.5 Å². The first-order valence-electron chi connectivity index (χ1n) is 8.96. The Morgan fingerprint density at radius 1 is 1.00 bits per heavy atom. The van der Waals surface area contributed by atoms with Gasteiger partial charge in [-0.3, -0.25) is 4.79 Å². The molecule has 2 unspecified atom stereocenters. The highest BCUT2D eigenvalue weighted by Crippen LogP contribution is 2.38. The van der Waals surface area contributed by atoms with Crippen LogP contribution in [0.1, 0.15) is 38.1 Å². The lowest BCUT2D eigenvalue weighted by Crippen LogP contribution is -2.50. The van der Waals surface area contributed by atoms with Gasteiger partial charge in [-0.05, 0) is 44.9 Å². The molecule has 2 aliphatic rings. The van der Waals surface area contributed by atoms with Gasteiger partial charge in [0, 0.05) is 39.1 Å². The first-order valence-corrected chi connectivity index (χ1v) is 9.78. The molecule has 2 atom stereocenters. The van der Waals surface area contributed by atoms with Crippen molar-refractivity contribution in [2.24, 2.45) is 0 Å². The molecular weight excluding hydrogens is 316 g/mol. The SMILES string of the molecule is CN1C2CCCC1CC(n1ccc3sc4ccccc4c3c1=O)C2. The van der Waals surface area contributed by atoms with Crippen molar-refractivity contribution in [2.45, 2.75) is 50.2 Å². The Hall–Kier alpha value is -1.65. The van der Waals surface area contributed by atoms with Gasteiger partial charge < -0.3 is 9.47 Å². The Bertz CT molecular complexity index is 959. The summed E-state index contributed by atoms with van der Waals surface area (Å²) >= 11 is 1.73.